The van der Waals surface area contributed by atoms with Crippen molar-refractivity contribution < 1.29 is 27.9 Å². The summed E-state index contributed by atoms with van der Waals surface area (Å²) in [5, 5.41) is 12.3. The fourth-order valence-corrected chi connectivity index (χ4v) is 3.04. The molecule has 2 N–H and O–H groups in total. The lowest BCUT2D eigenvalue weighted by molar-refractivity contribution is 0.0597. The molecule has 8 heteroatoms. The van der Waals surface area contributed by atoms with Gasteiger partial charge >= 0.3 is 5.97 Å². The highest BCUT2D eigenvalue weighted by molar-refractivity contribution is 7.91. The standard InChI is InChI=1S/C17H17NO6S/c1-3-25(22,23)11-8-9-15(19)14(10-11)18-16(20)12-6-4-5-7-13(12)17(21)24-2/h4-10,19H,3H2,1-2H3,(H,18,20). The van der Waals surface area contributed by atoms with E-state index in [9.17, 15) is 23.1 Å². The first-order chi connectivity index (χ1) is 11.8. The molecule has 0 aromatic heterocycles. The minimum atomic E-state index is -3.50. The van der Waals surface area contributed by atoms with Gasteiger partial charge in [0.2, 0.25) is 0 Å². The molecule has 2 aromatic carbocycles. The third-order valence-corrected chi connectivity index (χ3v) is 5.26. The predicted molar refractivity (Wildman–Crippen MR) is 91.6 cm³/mol. The van der Waals surface area contributed by atoms with E-state index >= 15 is 0 Å². The van der Waals surface area contributed by atoms with Gasteiger partial charge in [-0.05, 0) is 30.3 Å². The molecule has 0 aliphatic heterocycles. The van der Waals surface area contributed by atoms with Gasteiger partial charge in [-0.25, -0.2) is 13.2 Å². The minimum Gasteiger partial charge on any atom is -0.506 e. The number of hydrogen-bond donors (Lipinski definition) is 2. The van der Waals surface area contributed by atoms with E-state index < -0.39 is 21.7 Å². The van der Waals surface area contributed by atoms with Crippen LogP contribution >= 0.6 is 0 Å². The van der Waals surface area contributed by atoms with Crippen LogP contribution in [0.3, 0.4) is 0 Å². The molecule has 0 radical (unpaired) electrons. The predicted octanol–water partition coefficient (Wildman–Crippen LogP) is 2.22. The van der Waals surface area contributed by atoms with E-state index in [0.717, 1.165) is 0 Å². The molecule has 25 heavy (non-hydrogen) atoms. The normalized spacial score (nSPS) is 11.0. The number of anilines is 1. The highest BCUT2D eigenvalue weighted by Crippen LogP contribution is 2.27. The first kappa shape index (κ1) is 18.5. The molecule has 0 heterocycles. The third-order valence-electron chi connectivity index (χ3n) is 3.53. The van der Waals surface area contributed by atoms with Crippen LogP contribution in [0.25, 0.3) is 0 Å². The maximum atomic E-state index is 12.5. The third kappa shape index (κ3) is 3.97. The molecule has 1 amide bonds. The van der Waals surface area contributed by atoms with Crippen LogP contribution in [0.1, 0.15) is 27.6 Å². The van der Waals surface area contributed by atoms with Gasteiger partial charge in [0.15, 0.2) is 9.84 Å². The van der Waals surface area contributed by atoms with Gasteiger partial charge in [0.25, 0.3) is 5.91 Å². The lowest BCUT2D eigenvalue weighted by Gasteiger charge is -2.11. The number of carbonyl (C=O) groups excluding carboxylic acids is 2. The number of ether oxygens (including phenoxy) is 1. The molecular formula is C17H17NO6S. The topological polar surface area (TPSA) is 110 Å². The van der Waals surface area contributed by atoms with Crippen molar-refractivity contribution >= 4 is 27.4 Å². The largest absolute Gasteiger partial charge is 0.506 e. The van der Waals surface area contributed by atoms with Gasteiger partial charge < -0.3 is 15.2 Å². The quantitative estimate of drug-likeness (QED) is 0.623. The Morgan fingerprint density at radius 1 is 1.12 bits per heavy atom. The second-order valence-corrected chi connectivity index (χ2v) is 7.35. The summed E-state index contributed by atoms with van der Waals surface area (Å²) in [7, 11) is -2.30. The van der Waals surface area contributed by atoms with E-state index in [2.05, 4.69) is 10.1 Å². The van der Waals surface area contributed by atoms with E-state index in [-0.39, 0.29) is 33.2 Å². The Hall–Kier alpha value is -2.87. The van der Waals surface area contributed by atoms with Crippen molar-refractivity contribution in [2.45, 2.75) is 11.8 Å². The van der Waals surface area contributed by atoms with Gasteiger partial charge in [-0.2, -0.15) is 0 Å². The number of benzene rings is 2. The first-order valence-electron chi connectivity index (χ1n) is 7.34. The zero-order valence-electron chi connectivity index (χ0n) is 13.6. The smallest absolute Gasteiger partial charge is 0.338 e. The molecule has 0 bridgehead atoms. The molecule has 0 aliphatic rings. The van der Waals surface area contributed by atoms with Crippen LogP contribution in [0.4, 0.5) is 5.69 Å². The Labute approximate surface area is 145 Å². The SMILES string of the molecule is CCS(=O)(=O)c1ccc(O)c(NC(=O)c2ccccc2C(=O)OC)c1. The molecule has 0 fully saturated rings. The zero-order valence-corrected chi connectivity index (χ0v) is 14.5. The highest BCUT2D eigenvalue weighted by atomic mass is 32.2. The van der Waals surface area contributed by atoms with Gasteiger partial charge in [0.1, 0.15) is 5.75 Å². The molecule has 132 valence electrons. The summed E-state index contributed by atoms with van der Waals surface area (Å²) >= 11 is 0. The average molecular weight is 363 g/mol. The molecule has 2 rings (SSSR count). The molecular weight excluding hydrogens is 346 g/mol. The van der Waals surface area contributed by atoms with Gasteiger partial charge in [-0.1, -0.05) is 19.1 Å². The van der Waals surface area contributed by atoms with Crippen LogP contribution in [0, 0.1) is 0 Å². The summed E-state index contributed by atoms with van der Waals surface area (Å²) in [5.41, 5.74) is 0.0241. The van der Waals surface area contributed by atoms with E-state index in [1.807, 2.05) is 0 Å². The summed E-state index contributed by atoms with van der Waals surface area (Å²) in [4.78, 5) is 24.2. The monoisotopic (exact) mass is 363 g/mol. The summed E-state index contributed by atoms with van der Waals surface area (Å²) in [6, 6.07) is 9.61. The van der Waals surface area contributed by atoms with Crippen molar-refractivity contribution in [2.24, 2.45) is 0 Å². The molecule has 2 aromatic rings. The number of phenolic OH excluding ortho intramolecular Hbond substituents is 1. The number of hydrogen-bond acceptors (Lipinski definition) is 6. The molecule has 0 spiro atoms. The van der Waals surface area contributed by atoms with Crippen molar-refractivity contribution in [3.05, 3.63) is 53.6 Å². The van der Waals surface area contributed by atoms with Gasteiger partial charge in [-0.3, -0.25) is 4.79 Å². The Kier molecular flexibility index (Phi) is 5.43. The first-order valence-corrected chi connectivity index (χ1v) is 9.00. The lowest BCUT2D eigenvalue weighted by atomic mass is 10.1. The van der Waals surface area contributed by atoms with Crippen molar-refractivity contribution in [1.29, 1.82) is 0 Å². The summed E-state index contributed by atoms with van der Waals surface area (Å²) in [6.45, 7) is 1.49. The Morgan fingerprint density at radius 3 is 2.36 bits per heavy atom. The number of methoxy groups -OCH3 is 1. The van der Waals surface area contributed by atoms with Gasteiger partial charge in [-0.15, -0.1) is 0 Å². The Balaban J connectivity index is 2.40. The molecule has 0 unspecified atom stereocenters. The van der Waals surface area contributed by atoms with E-state index in [1.165, 1.54) is 44.4 Å². The number of rotatable bonds is 5. The van der Waals surface area contributed by atoms with Crippen LogP contribution in [0.15, 0.2) is 47.4 Å². The summed E-state index contributed by atoms with van der Waals surface area (Å²) in [5.74, 6) is -1.77. The van der Waals surface area contributed by atoms with Gasteiger partial charge in [0, 0.05) is 0 Å². The van der Waals surface area contributed by atoms with Crippen molar-refractivity contribution in [3.63, 3.8) is 0 Å². The fraction of sp³-hybridized carbons (Fsp3) is 0.176. The summed E-state index contributed by atoms with van der Waals surface area (Å²) < 4.78 is 28.5. The van der Waals surface area contributed by atoms with E-state index in [0.29, 0.717) is 0 Å². The number of aromatic hydroxyl groups is 1. The highest BCUT2D eigenvalue weighted by Gasteiger charge is 2.19. The zero-order chi connectivity index (χ0) is 18.6. The molecule has 0 atom stereocenters. The van der Waals surface area contributed by atoms with Crippen LogP contribution in [0.5, 0.6) is 5.75 Å². The maximum absolute atomic E-state index is 12.5. The average Bonchev–Trinajstić information content (AvgIpc) is 2.62. The van der Waals surface area contributed by atoms with Crippen LogP contribution in [0.2, 0.25) is 0 Å². The second kappa shape index (κ2) is 7.35. The van der Waals surface area contributed by atoms with E-state index in [4.69, 9.17) is 0 Å². The Bertz CT molecular complexity index is 920. The number of carbonyl (C=O) groups is 2. The van der Waals surface area contributed by atoms with E-state index in [1.54, 1.807) is 12.1 Å². The van der Waals surface area contributed by atoms with Gasteiger partial charge in [0.05, 0.1) is 34.6 Å². The number of nitrogens with one attached hydrogen (secondary N) is 1. The van der Waals surface area contributed by atoms with Crippen molar-refractivity contribution in [1.82, 2.24) is 0 Å². The van der Waals surface area contributed by atoms with Crippen LogP contribution < -0.4 is 5.32 Å². The lowest BCUT2D eigenvalue weighted by Crippen LogP contribution is -2.17. The number of sulfone groups is 1. The van der Waals surface area contributed by atoms with Crippen molar-refractivity contribution in [2.75, 3.05) is 18.2 Å². The number of phenols is 1. The van der Waals surface area contributed by atoms with Crippen molar-refractivity contribution in [3.8, 4) is 5.75 Å². The second-order valence-electron chi connectivity index (χ2n) is 5.07. The molecule has 0 aliphatic carbocycles. The minimum absolute atomic E-state index is 0.0237. The van der Waals surface area contributed by atoms with Crippen LogP contribution in [-0.2, 0) is 14.6 Å². The van der Waals surface area contributed by atoms with Crippen LogP contribution in [-0.4, -0.2) is 38.3 Å². The molecule has 0 saturated heterocycles. The molecule has 7 nitrogen and oxygen atoms in total. The fourth-order valence-electron chi connectivity index (χ4n) is 2.13. The summed E-state index contributed by atoms with van der Waals surface area (Å²) in [6.07, 6.45) is 0. The molecule has 0 saturated carbocycles. The number of esters is 1. The Morgan fingerprint density at radius 2 is 1.76 bits per heavy atom. The maximum Gasteiger partial charge on any atom is 0.338 e. The number of amides is 1.